The second kappa shape index (κ2) is 8.30. The number of fused-ring (bicyclic) bond motifs is 1. The number of thiazole rings is 1. The van der Waals surface area contributed by atoms with E-state index >= 15 is 0 Å². The van der Waals surface area contributed by atoms with E-state index in [4.69, 9.17) is 9.15 Å². The molecule has 0 unspecified atom stereocenters. The number of hydrogen-bond donors (Lipinski definition) is 2. The number of aromatic nitrogens is 1. The molecule has 134 valence electrons. The van der Waals surface area contributed by atoms with Crippen molar-refractivity contribution in [2.75, 3.05) is 19.0 Å². The van der Waals surface area contributed by atoms with Crippen molar-refractivity contribution in [2.24, 2.45) is 0 Å². The number of carbonyl (C=O) groups excluding carboxylic acids is 2. The molecule has 1 aromatic carbocycles. The van der Waals surface area contributed by atoms with E-state index in [1.165, 1.54) is 23.7 Å². The average Bonchev–Trinajstić information content (AvgIpc) is 3.28. The Balaban J connectivity index is 1.46. The predicted octanol–water partition coefficient (Wildman–Crippen LogP) is 3.06. The van der Waals surface area contributed by atoms with Gasteiger partial charge in [0.25, 0.3) is 0 Å². The molecule has 0 spiro atoms. The van der Waals surface area contributed by atoms with Crippen LogP contribution >= 0.6 is 11.3 Å². The van der Waals surface area contributed by atoms with Gasteiger partial charge >= 0.3 is 0 Å². The maximum Gasteiger partial charge on any atom is 0.244 e. The molecule has 3 aromatic rings. The lowest BCUT2D eigenvalue weighted by molar-refractivity contribution is -0.117. The van der Waals surface area contributed by atoms with Crippen molar-refractivity contribution >= 4 is 44.6 Å². The van der Waals surface area contributed by atoms with Crippen LogP contribution in [0.1, 0.15) is 12.2 Å². The molecule has 2 amide bonds. The summed E-state index contributed by atoms with van der Waals surface area (Å²) in [6, 6.07) is 9.00. The van der Waals surface area contributed by atoms with Gasteiger partial charge in [-0.05, 0) is 36.4 Å². The second-order valence-electron chi connectivity index (χ2n) is 5.29. The number of anilines is 1. The van der Waals surface area contributed by atoms with Gasteiger partial charge in [0.2, 0.25) is 11.8 Å². The van der Waals surface area contributed by atoms with Crippen molar-refractivity contribution in [2.45, 2.75) is 6.42 Å². The molecule has 0 aliphatic carbocycles. The Bertz CT molecular complexity index is 931. The van der Waals surface area contributed by atoms with Gasteiger partial charge < -0.3 is 19.8 Å². The topological polar surface area (TPSA) is 93.5 Å². The van der Waals surface area contributed by atoms with E-state index in [9.17, 15) is 9.59 Å². The van der Waals surface area contributed by atoms with E-state index in [1.54, 1.807) is 25.3 Å². The van der Waals surface area contributed by atoms with Crippen LogP contribution in [-0.2, 0) is 9.59 Å². The van der Waals surface area contributed by atoms with Gasteiger partial charge in [0, 0.05) is 19.0 Å². The molecule has 0 aliphatic rings. The zero-order chi connectivity index (χ0) is 18.4. The van der Waals surface area contributed by atoms with Crippen LogP contribution < -0.4 is 15.4 Å². The molecule has 3 rings (SSSR count). The third-order valence-corrected chi connectivity index (χ3v) is 4.37. The lowest BCUT2D eigenvalue weighted by atomic mass is 10.3. The Kier molecular flexibility index (Phi) is 5.65. The predicted molar refractivity (Wildman–Crippen MR) is 100 cm³/mol. The molecule has 0 atom stereocenters. The fourth-order valence-electron chi connectivity index (χ4n) is 2.17. The monoisotopic (exact) mass is 371 g/mol. The van der Waals surface area contributed by atoms with Gasteiger partial charge in [-0.25, -0.2) is 4.98 Å². The van der Waals surface area contributed by atoms with Crippen molar-refractivity contribution in [3.05, 3.63) is 48.4 Å². The average molecular weight is 371 g/mol. The Morgan fingerprint density at radius 2 is 2.23 bits per heavy atom. The molecule has 7 nitrogen and oxygen atoms in total. The highest BCUT2D eigenvalue weighted by molar-refractivity contribution is 7.22. The third-order valence-electron chi connectivity index (χ3n) is 3.44. The summed E-state index contributed by atoms with van der Waals surface area (Å²) in [4.78, 5) is 28.0. The number of furan rings is 1. The first-order chi connectivity index (χ1) is 12.6. The van der Waals surface area contributed by atoms with Crippen LogP contribution in [0.15, 0.2) is 47.1 Å². The van der Waals surface area contributed by atoms with Gasteiger partial charge in [0.05, 0.1) is 23.6 Å². The summed E-state index contributed by atoms with van der Waals surface area (Å²) in [5, 5.41) is 5.90. The van der Waals surface area contributed by atoms with Crippen LogP contribution in [0.4, 0.5) is 5.13 Å². The highest BCUT2D eigenvalue weighted by Gasteiger charge is 2.09. The Morgan fingerprint density at radius 3 is 3.00 bits per heavy atom. The first-order valence-electron chi connectivity index (χ1n) is 7.88. The van der Waals surface area contributed by atoms with Crippen LogP contribution in [-0.4, -0.2) is 30.5 Å². The molecule has 26 heavy (non-hydrogen) atoms. The summed E-state index contributed by atoms with van der Waals surface area (Å²) in [7, 11) is 1.60. The number of methoxy groups -OCH3 is 1. The molecule has 0 radical (unpaired) electrons. The van der Waals surface area contributed by atoms with Crippen LogP contribution in [0.25, 0.3) is 16.3 Å². The molecule has 0 saturated heterocycles. The number of amides is 2. The number of rotatable bonds is 7. The van der Waals surface area contributed by atoms with Crippen molar-refractivity contribution in [1.29, 1.82) is 0 Å². The third kappa shape index (κ3) is 4.70. The molecule has 0 fully saturated rings. The lowest BCUT2D eigenvalue weighted by Gasteiger charge is -2.02. The number of ether oxygens (including phenoxy) is 1. The number of nitrogens with one attached hydrogen (secondary N) is 2. The van der Waals surface area contributed by atoms with Crippen LogP contribution in [0.3, 0.4) is 0 Å². The van der Waals surface area contributed by atoms with Gasteiger partial charge in [0.15, 0.2) is 5.13 Å². The summed E-state index contributed by atoms with van der Waals surface area (Å²) in [5.74, 6) is 0.822. The molecular weight excluding hydrogens is 354 g/mol. The first kappa shape index (κ1) is 17.7. The van der Waals surface area contributed by atoms with Gasteiger partial charge in [0.1, 0.15) is 11.5 Å². The summed E-state index contributed by atoms with van der Waals surface area (Å²) in [6.45, 7) is 0.228. The van der Waals surface area contributed by atoms with E-state index in [0.29, 0.717) is 10.9 Å². The van der Waals surface area contributed by atoms with E-state index in [0.717, 1.165) is 16.0 Å². The van der Waals surface area contributed by atoms with Gasteiger partial charge in [-0.3, -0.25) is 9.59 Å². The highest BCUT2D eigenvalue weighted by atomic mass is 32.1. The molecule has 2 heterocycles. The second-order valence-corrected chi connectivity index (χ2v) is 6.32. The minimum Gasteiger partial charge on any atom is -0.497 e. The summed E-state index contributed by atoms with van der Waals surface area (Å²) in [6.07, 6.45) is 4.60. The van der Waals surface area contributed by atoms with E-state index in [-0.39, 0.29) is 24.8 Å². The largest absolute Gasteiger partial charge is 0.497 e. The van der Waals surface area contributed by atoms with E-state index in [1.807, 2.05) is 18.2 Å². The molecule has 8 heteroatoms. The summed E-state index contributed by atoms with van der Waals surface area (Å²) >= 11 is 1.37. The van der Waals surface area contributed by atoms with Crippen LogP contribution in [0, 0.1) is 0 Å². The standard InChI is InChI=1S/C18H17N3O4S/c1-24-13-4-6-14-15(11-13)26-18(20-14)21-17(23)8-9-19-16(22)7-5-12-3-2-10-25-12/h2-7,10-11H,8-9H2,1H3,(H,19,22)(H,20,21,23)/b7-5+. The summed E-state index contributed by atoms with van der Waals surface area (Å²) < 4.78 is 11.2. The smallest absolute Gasteiger partial charge is 0.244 e. The maximum absolute atomic E-state index is 12.0. The fraction of sp³-hybridized carbons (Fsp3) is 0.167. The first-order valence-corrected chi connectivity index (χ1v) is 8.69. The Hall–Kier alpha value is -3.13. The van der Waals surface area contributed by atoms with Crippen molar-refractivity contribution < 1.29 is 18.7 Å². The number of carbonyl (C=O) groups is 2. The highest BCUT2D eigenvalue weighted by Crippen LogP contribution is 2.29. The van der Waals surface area contributed by atoms with Crippen LogP contribution in [0.2, 0.25) is 0 Å². The Morgan fingerprint density at radius 1 is 1.35 bits per heavy atom. The van der Waals surface area contributed by atoms with Crippen molar-refractivity contribution in [3.8, 4) is 5.75 Å². The van der Waals surface area contributed by atoms with Gasteiger partial charge in [-0.15, -0.1) is 0 Å². The normalized spacial score (nSPS) is 11.0. The molecule has 0 aliphatic heterocycles. The van der Waals surface area contributed by atoms with Crippen molar-refractivity contribution in [3.63, 3.8) is 0 Å². The molecule has 2 N–H and O–H groups in total. The minimum atomic E-state index is -0.290. The molecule has 0 bridgehead atoms. The fourth-order valence-corrected chi connectivity index (χ4v) is 3.08. The summed E-state index contributed by atoms with van der Waals surface area (Å²) in [5.41, 5.74) is 0.794. The number of nitrogens with zero attached hydrogens (tertiary/aromatic N) is 1. The zero-order valence-corrected chi connectivity index (χ0v) is 14.8. The minimum absolute atomic E-state index is 0.152. The quantitative estimate of drug-likeness (QED) is 0.623. The number of benzene rings is 1. The maximum atomic E-state index is 12.0. The molecule has 2 aromatic heterocycles. The van der Waals surface area contributed by atoms with Gasteiger partial charge in [-0.2, -0.15) is 0 Å². The SMILES string of the molecule is COc1ccc2nc(NC(=O)CCNC(=O)/C=C/c3ccco3)sc2c1. The number of hydrogen-bond acceptors (Lipinski definition) is 6. The van der Waals surface area contributed by atoms with Gasteiger partial charge in [-0.1, -0.05) is 11.3 Å². The molecular formula is C18H17N3O4S. The van der Waals surface area contributed by atoms with E-state index in [2.05, 4.69) is 15.6 Å². The molecule has 0 saturated carbocycles. The lowest BCUT2D eigenvalue weighted by Crippen LogP contribution is -2.26. The zero-order valence-electron chi connectivity index (χ0n) is 14.0. The van der Waals surface area contributed by atoms with Crippen LogP contribution in [0.5, 0.6) is 5.75 Å². The van der Waals surface area contributed by atoms with Crippen molar-refractivity contribution in [1.82, 2.24) is 10.3 Å². The van der Waals surface area contributed by atoms with E-state index < -0.39 is 0 Å². The Labute approximate surface area is 153 Å².